The Morgan fingerprint density at radius 1 is 1.40 bits per heavy atom. The zero-order valence-corrected chi connectivity index (χ0v) is 9.66. The number of halogens is 1. The van der Waals surface area contributed by atoms with Crippen LogP contribution in [0, 0.1) is 6.92 Å². The number of oxime groups is 1. The summed E-state index contributed by atoms with van der Waals surface area (Å²) in [4.78, 5) is 5.27. The van der Waals surface area contributed by atoms with Gasteiger partial charge in [-0.15, -0.1) is 11.6 Å². The summed E-state index contributed by atoms with van der Waals surface area (Å²) in [5.74, 6) is 0. The molecule has 0 N–H and O–H groups in total. The van der Waals surface area contributed by atoms with Crippen molar-refractivity contribution in [1.29, 1.82) is 0 Å². The highest BCUT2D eigenvalue weighted by molar-refractivity contribution is 6.21. The third-order valence-electron chi connectivity index (χ3n) is 2.59. The third-order valence-corrected chi connectivity index (χ3v) is 2.87. The highest BCUT2D eigenvalue weighted by Gasteiger charge is 2.25. The molecule has 0 fully saturated rings. The molecule has 0 saturated carbocycles. The number of nitrogens with zero attached hydrogens (tertiary/aromatic N) is 1. The van der Waals surface area contributed by atoms with Gasteiger partial charge in [0, 0.05) is 6.42 Å². The Balaban J connectivity index is 2.11. The van der Waals surface area contributed by atoms with E-state index in [9.17, 15) is 0 Å². The van der Waals surface area contributed by atoms with Gasteiger partial charge in [-0.05, 0) is 19.4 Å². The Labute approximate surface area is 94.9 Å². The minimum Gasteiger partial charge on any atom is -0.390 e. The highest BCUT2D eigenvalue weighted by Crippen LogP contribution is 2.21. The normalized spacial score (nSPS) is 22.1. The van der Waals surface area contributed by atoms with E-state index in [0.29, 0.717) is 0 Å². The fourth-order valence-corrected chi connectivity index (χ4v) is 1.69. The van der Waals surface area contributed by atoms with Gasteiger partial charge in [0.15, 0.2) is 0 Å². The second-order valence-electron chi connectivity index (χ2n) is 3.93. The summed E-state index contributed by atoms with van der Waals surface area (Å²) in [6.45, 7) is 4.00. The molecule has 3 heteroatoms. The van der Waals surface area contributed by atoms with E-state index in [1.54, 1.807) is 0 Å². The van der Waals surface area contributed by atoms with Crippen molar-refractivity contribution < 1.29 is 4.84 Å². The van der Waals surface area contributed by atoms with Gasteiger partial charge in [0.25, 0.3) is 0 Å². The maximum absolute atomic E-state index is 5.96. The van der Waals surface area contributed by atoms with Crippen molar-refractivity contribution in [1.82, 2.24) is 0 Å². The third kappa shape index (κ3) is 2.32. The molecule has 0 spiro atoms. The van der Waals surface area contributed by atoms with Crippen molar-refractivity contribution in [2.45, 2.75) is 31.7 Å². The molecule has 1 aliphatic heterocycles. The number of hydrogen-bond acceptors (Lipinski definition) is 2. The van der Waals surface area contributed by atoms with Gasteiger partial charge in [-0.3, -0.25) is 0 Å². The first-order valence-corrected chi connectivity index (χ1v) is 5.54. The van der Waals surface area contributed by atoms with Gasteiger partial charge in [-0.1, -0.05) is 35.0 Å². The zero-order chi connectivity index (χ0) is 10.8. The van der Waals surface area contributed by atoms with Crippen LogP contribution in [0.3, 0.4) is 0 Å². The van der Waals surface area contributed by atoms with Gasteiger partial charge in [-0.2, -0.15) is 0 Å². The molecule has 0 aliphatic carbocycles. The molecule has 2 unspecified atom stereocenters. The van der Waals surface area contributed by atoms with Crippen LogP contribution in [0.1, 0.15) is 24.5 Å². The van der Waals surface area contributed by atoms with Crippen molar-refractivity contribution in [3.05, 3.63) is 35.4 Å². The molecule has 0 bridgehead atoms. The predicted molar refractivity (Wildman–Crippen MR) is 62.5 cm³/mol. The van der Waals surface area contributed by atoms with Crippen LogP contribution in [0.4, 0.5) is 0 Å². The SMILES string of the molecule is Cc1ccc(C2=NOC(C(C)Cl)C2)cc1. The summed E-state index contributed by atoms with van der Waals surface area (Å²) in [5, 5.41) is 4.07. The molecule has 2 nitrogen and oxygen atoms in total. The summed E-state index contributed by atoms with van der Waals surface area (Å²) >= 11 is 5.96. The lowest BCUT2D eigenvalue weighted by Crippen LogP contribution is -2.18. The molecular formula is C12H14ClNO. The van der Waals surface area contributed by atoms with E-state index in [1.807, 2.05) is 6.92 Å². The van der Waals surface area contributed by atoms with Crippen LogP contribution >= 0.6 is 11.6 Å². The van der Waals surface area contributed by atoms with Crippen molar-refractivity contribution in [2.24, 2.45) is 5.16 Å². The molecule has 1 aromatic carbocycles. The Kier molecular flexibility index (Phi) is 2.96. The van der Waals surface area contributed by atoms with Crippen LogP contribution in [-0.4, -0.2) is 17.2 Å². The van der Waals surface area contributed by atoms with Crippen LogP contribution in [0.25, 0.3) is 0 Å². The number of hydrogen-bond donors (Lipinski definition) is 0. The molecule has 2 atom stereocenters. The standard InChI is InChI=1S/C12H14ClNO/c1-8-3-5-10(6-4-8)11-7-12(9(2)13)15-14-11/h3-6,9,12H,7H2,1-2H3. The molecule has 0 aromatic heterocycles. The summed E-state index contributed by atoms with van der Waals surface area (Å²) < 4.78 is 0. The lowest BCUT2D eigenvalue weighted by molar-refractivity contribution is 0.0855. The van der Waals surface area contributed by atoms with Crippen LogP contribution in [0.15, 0.2) is 29.4 Å². The zero-order valence-electron chi connectivity index (χ0n) is 8.90. The minimum absolute atomic E-state index is 0.00306. The van der Waals surface area contributed by atoms with E-state index in [2.05, 4.69) is 36.3 Å². The molecule has 1 aromatic rings. The lowest BCUT2D eigenvalue weighted by atomic mass is 10.0. The minimum atomic E-state index is -0.00306. The second-order valence-corrected chi connectivity index (χ2v) is 4.62. The Morgan fingerprint density at radius 3 is 2.60 bits per heavy atom. The summed E-state index contributed by atoms with van der Waals surface area (Å²) in [5.41, 5.74) is 3.37. The van der Waals surface area contributed by atoms with E-state index >= 15 is 0 Å². The molecule has 2 rings (SSSR count). The van der Waals surface area contributed by atoms with Gasteiger partial charge in [0.1, 0.15) is 6.10 Å². The fraction of sp³-hybridized carbons (Fsp3) is 0.417. The Bertz CT molecular complexity index is 370. The average molecular weight is 224 g/mol. The first-order valence-electron chi connectivity index (χ1n) is 5.10. The number of aryl methyl sites for hydroxylation is 1. The van der Waals surface area contributed by atoms with Gasteiger partial charge in [-0.25, -0.2) is 0 Å². The van der Waals surface area contributed by atoms with E-state index in [-0.39, 0.29) is 11.5 Å². The molecule has 0 radical (unpaired) electrons. The second kappa shape index (κ2) is 4.23. The van der Waals surface area contributed by atoms with Crippen molar-refractivity contribution in [3.8, 4) is 0 Å². The van der Waals surface area contributed by atoms with E-state index < -0.39 is 0 Å². The van der Waals surface area contributed by atoms with Gasteiger partial charge in [0.2, 0.25) is 0 Å². The predicted octanol–water partition coefficient (Wildman–Crippen LogP) is 3.12. The van der Waals surface area contributed by atoms with E-state index in [1.165, 1.54) is 5.56 Å². The topological polar surface area (TPSA) is 21.6 Å². The summed E-state index contributed by atoms with van der Waals surface area (Å²) in [6.07, 6.45) is 0.816. The van der Waals surface area contributed by atoms with Crippen LogP contribution < -0.4 is 0 Å². The first-order chi connectivity index (χ1) is 7.16. The maximum atomic E-state index is 5.96. The fourth-order valence-electron chi connectivity index (χ4n) is 1.56. The van der Waals surface area contributed by atoms with Crippen molar-refractivity contribution >= 4 is 17.3 Å². The van der Waals surface area contributed by atoms with Crippen LogP contribution in [0.2, 0.25) is 0 Å². The molecule has 1 heterocycles. The molecular weight excluding hydrogens is 210 g/mol. The monoisotopic (exact) mass is 223 g/mol. The number of rotatable bonds is 2. The lowest BCUT2D eigenvalue weighted by Gasteiger charge is -2.08. The summed E-state index contributed by atoms with van der Waals surface area (Å²) in [6, 6.07) is 8.29. The van der Waals surface area contributed by atoms with Gasteiger partial charge < -0.3 is 4.84 Å². The van der Waals surface area contributed by atoms with Crippen molar-refractivity contribution in [2.75, 3.05) is 0 Å². The highest BCUT2D eigenvalue weighted by atomic mass is 35.5. The summed E-state index contributed by atoms with van der Waals surface area (Å²) in [7, 11) is 0. The van der Waals surface area contributed by atoms with Crippen LogP contribution in [0.5, 0.6) is 0 Å². The first kappa shape index (κ1) is 10.5. The largest absolute Gasteiger partial charge is 0.390 e. The van der Waals surface area contributed by atoms with E-state index in [4.69, 9.17) is 16.4 Å². The molecule has 0 saturated heterocycles. The maximum Gasteiger partial charge on any atom is 0.149 e. The number of alkyl halides is 1. The molecule has 0 amide bonds. The number of benzene rings is 1. The quantitative estimate of drug-likeness (QED) is 0.706. The molecule has 1 aliphatic rings. The van der Waals surface area contributed by atoms with Crippen molar-refractivity contribution in [3.63, 3.8) is 0 Å². The smallest absolute Gasteiger partial charge is 0.149 e. The average Bonchev–Trinajstić information content (AvgIpc) is 2.68. The van der Waals surface area contributed by atoms with Crippen LogP contribution in [-0.2, 0) is 4.84 Å². The Hall–Kier alpha value is -1.02. The molecule has 15 heavy (non-hydrogen) atoms. The van der Waals surface area contributed by atoms with Gasteiger partial charge >= 0.3 is 0 Å². The Morgan fingerprint density at radius 2 is 2.07 bits per heavy atom. The molecule has 80 valence electrons. The van der Waals surface area contributed by atoms with E-state index in [0.717, 1.165) is 17.7 Å². The van der Waals surface area contributed by atoms with Gasteiger partial charge in [0.05, 0.1) is 11.1 Å².